The lowest BCUT2D eigenvalue weighted by molar-refractivity contribution is 0.111. The van der Waals surface area contributed by atoms with Crippen LogP contribution in [0.1, 0.15) is 46.6 Å². The standard InChI is InChI=1S/C18H29N3O2/c22-13-12-21-10-8-20(9-11-21)7-3-5-16-15-4-1-2-6-17(15)19-18(16)14-23/h14,19,22H,1-13H2. The maximum absolute atomic E-state index is 11.3. The van der Waals surface area contributed by atoms with Crippen LogP contribution in [0, 0.1) is 0 Å². The second kappa shape index (κ2) is 8.08. The fraction of sp³-hybridized carbons (Fsp3) is 0.722. The van der Waals surface area contributed by atoms with Gasteiger partial charge in [-0.25, -0.2) is 0 Å². The number of aliphatic hydroxyl groups is 1. The maximum Gasteiger partial charge on any atom is 0.166 e. The van der Waals surface area contributed by atoms with Gasteiger partial charge in [0.2, 0.25) is 0 Å². The van der Waals surface area contributed by atoms with E-state index in [1.54, 1.807) is 0 Å². The van der Waals surface area contributed by atoms with Crippen LogP contribution in [0.3, 0.4) is 0 Å². The first-order valence-electron chi connectivity index (χ1n) is 9.05. The van der Waals surface area contributed by atoms with E-state index in [0.717, 1.165) is 76.9 Å². The van der Waals surface area contributed by atoms with Crippen molar-refractivity contribution < 1.29 is 9.90 Å². The number of aryl methyl sites for hydroxylation is 1. The highest BCUT2D eigenvalue weighted by molar-refractivity contribution is 5.76. The Labute approximate surface area is 138 Å². The van der Waals surface area contributed by atoms with E-state index in [2.05, 4.69) is 14.8 Å². The number of nitrogens with zero attached hydrogens (tertiary/aromatic N) is 2. The van der Waals surface area contributed by atoms with Crippen molar-refractivity contribution in [1.82, 2.24) is 14.8 Å². The van der Waals surface area contributed by atoms with Crippen molar-refractivity contribution >= 4 is 6.29 Å². The van der Waals surface area contributed by atoms with Crippen molar-refractivity contribution in [2.45, 2.75) is 38.5 Å². The predicted octanol–water partition coefficient (Wildman–Crippen LogP) is 1.25. The molecule has 5 nitrogen and oxygen atoms in total. The molecule has 3 rings (SSSR count). The van der Waals surface area contributed by atoms with Gasteiger partial charge in [0, 0.05) is 38.4 Å². The Morgan fingerprint density at radius 2 is 1.74 bits per heavy atom. The molecular weight excluding hydrogens is 290 g/mol. The molecule has 1 aliphatic heterocycles. The van der Waals surface area contributed by atoms with Crippen molar-refractivity contribution in [3.05, 3.63) is 22.5 Å². The summed E-state index contributed by atoms with van der Waals surface area (Å²) in [4.78, 5) is 19.5. The highest BCUT2D eigenvalue weighted by Gasteiger charge is 2.20. The number of piperazine rings is 1. The number of carbonyl (C=O) groups excluding carboxylic acids is 1. The molecule has 1 aromatic heterocycles. The smallest absolute Gasteiger partial charge is 0.166 e. The zero-order valence-corrected chi connectivity index (χ0v) is 14.0. The van der Waals surface area contributed by atoms with Crippen LogP contribution in [0.4, 0.5) is 0 Å². The zero-order valence-electron chi connectivity index (χ0n) is 14.0. The molecule has 0 amide bonds. The number of H-pyrrole nitrogens is 1. The van der Waals surface area contributed by atoms with Gasteiger partial charge in [-0.05, 0) is 56.2 Å². The number of β-amino-alcohol motifs (C(OH)–C–C–N with tert-alkyl or cyclic N) is 1. The lowest BCUT2D eigenvalue weighted by Crippen LogP contribution is -2.47. The number of hydrogen-bond donors (Lipinski definition) is 2. The number of aromatic nitrogens is 1. The van der Waals surface area contributed by atoms with Crippen molar-refractivity contribution in [3.63, 3.8) is 0 Å². The SMILES string of the molecule is O=Cc1[nH]c2c(c1CCCN1CCN(CCO)CC1)CCCC2. The number of aldehydes is 1. The van der Waals surface area contributed by atoms with Crippen LogP contribution in [-0.4, -0.2) is 72.1 Å². The summed E-state index contributed by atoms with van der Waals surface area (Å²) in [7, 11) is 0. The summed E-state index contributed by atoms with van der Waals surface area (Å²) in [5.41, 5.74) is 4.86. The molecule has 0 atom stereocenters. The van der Waals surface area contributed by atoms with Gasteiger partial charge in [0.25, 0.3) is 0 Å². The quantitative estimate of drug-likeness (QED) is 0.743. The van der Waals surface area contributed by atoms with Gasteiger partial charge in [-0.1, -0.05) is 0 Å². The number of aromatic amines is 1. The molecule has 5 heteroatoms. The van der Waals surface area contributed by atoms with Crippen molar-refractivity contribution in [2.24, 2.45) is 0 Å². The van der Waals surface area contributed by atoms with E-state index in [9.17, 15) is 4.79 Å². The second-order valence-electron chi connectivity index (χ2n) is 6.81. The predicted molar refractivity (Wildman–Crippen MR) is 91.1 cm³/mol. The van der Waals surface area contributed by atoms with Gasteiger partial charge in [0.05, 0.1) is 12.3 Å². The molecule has 1 aromatic rings. The third kappa shape index (κ3) is 4.03. The average Bonchev–Trinajstić information content (AvgIpc) is 2.95. The fourth-order valence-electron chi connectivity index (χ4n) is 4.02. The van der Waals surface area contributed by atoms with E-state index in [1.807, 2.05) is 0 Å². The molecule has 2 heterocycles. The number of hydrogen-bond acceptors (Lipinski definition) is 4. The highest BCUT2D eigenvalue weighted by atomic mass is 16.3. The molecule has 0 bridgehead atoms. The molecule has 1 aliphatic carbocycles. The number of fused-ring (bicyclic) bond motifs is 1. The summed E-state index contributed by atoms with van der Waals surface area (Å²) in [5, 5.41) is 8.99. The molecule has 128 valence electrons. The van der Waals surface area contributed by atoms with E-state index >= 15 is 0 Å². The third-order valence-corrected chi connectivity index (χ3v) is 5.34. The highest BCUT2D eigenvalue weighted by Crippen LogP contribution is 2.27. The summed E-state index contributed by atoms with van der Waals surface area (Å²) < 4.78 is 0. The van der Waals surface area contributed by atoms with Crippen LogP contribution in [0.25, 0.3) is 0 Å². The molecule has 0 radical (unpaired) electrons. The van der Waals surface area contributed by atoms with E-state index in [4.69, 9.17) is 5.11 Å². The first-order valence-corrected chi connectivity index (χ1v) is 9.05. The van der Waals surface area contributed by atoms with Crippen molar-refractivity contribution in [3.8, 4) is 0 Å². The summed E-state index contributed by atoms with van der Waals surface area (Å²) >= 11 is 0. The number of aliphatic hydroxyl groups excluding tert-OH is 1. The number of carbonyl (C=O) groups is 1. The Kier molecular flexibility index (Phi) is 5.86. The second-order valence-corrected chi connectivity index (χ2v) is 6.81. The largest absolute Gasteiger partial charge is 0.395 e. The Bertz CT molecular complexity index is 519. The molecule has 23 heavy (non-hydrogen) atoms. The third-order valence-electron chi connectivity index (χ3n) is 5.34. The summed E-state index contributed by atoms with van der Waals surface area (Å²) in [5.74, 6) is 0. The first kappa shape index (κ1) is 16.7. The molecule has 0 aromatic carbocycles. The fourth-order valence-corrected chi connectivity index (χ4v) is 4.02. The molecule has 0 unspecified atom stereocenters. The van der Waals surface area contributed by atoms with Crippen LogP contribution in [0.15, 0.2) is 0 Å². The monoisotopic (exact) mass is 319 g/mol. The summed E-state index contributed by atoms with van der Waals surface area (Å²) in [6.45, 7) is 6.45. The van der Waals surface area contributed by atoms with Gasteiger partial charge in [-0.2, -0.15) is 0 Å². The minimum atomic E-state index is 0.257. The van der Waals surface area contributed by atoms with Crippen molar-refractivity contribution in [2.75, 3.05) is 45.9 Å². The maximum atomic E-state index is 11.3. The van der Waals surface area contributed by atoms with Gasteiger partial charge in [0.1, 0.15) is 0 Å². The Morgan fingerprint density at radius 3 is 2.43 bits per heavy atom. The van der Waals surface area contributed by atoms with Gasteiger partial charge in [-0.3, -0.25) is 9.69 Å². The molecule has 0 saturated carbocycles. The molecular formula is C18H29N3O2. The molecule has 1 fully saturated rings. The molecule has 0 spiro atoms. The van der Waals surface area contributed by atoms with E-state index in [0.29, 0.717) is 0 Å². The van der Waals surface area contributed by atoms with Crippen LogP contribution < -0.4 is 0 Å². The van der Waals surface area contributed by atoms with Crippen molar-refractivity contribution in [1.29, 1.82) is 0 Å². The van der Waals surface area contributed by atoms with E-state index < -0.39 is 0 Å². The van der Waals surface area contributed by atoms with E-state index in [-0.39, 0.29) is 6.61 Å². The van der Waals surface area contributed by atoms with Gasteiger partial charge >= 0.3 is 0 Å². The normalized spacial score (nSPS) is 19.7. The van der Waals surface area contributed by atoms with Gasteiger partial charge < -0.3 is 15.0 Å². The van der Waals surface area contributed by atoms with Crippen LogP contribution in [-0.2, 0) is 19.3 Å². The minimum Gasteiger partial charge on any atom is -0.395 e. The molecule has 2 N–H and O–H groups in total. The zero-order chi connectivity index (χ0) is 16.1. The average molecular weight is 319 g/mol. The van der Waals surface area contributed by atoms with Crippen LogP contribution in [0.5, 0.6) is 0 Å². The summed E-state index contributed by atoms with van der Waals surface area (Å²) in [6.07, 6.45) is 7.85. The number of nitrogens with one attached hydrogen (secondary N) is 1. The topological polar surface area (TPSA) is 59.6 Å². The first-order chi connectivity index (χ1) is 11.3. The number of rotatable bonds is 7. The molecule has 2 aliphatic rings. The Balaban J connectivity index is 1.49. The van der Waals surface area contributed by atoms with Gasteiger partial charge in [0.15, 0.2) is 6.29 Å². The Morgan fingerprint density at radius 1 is 1.04 bits per heavy atom. The minimum absolute atomic E-state index is 0.257. The summed E-state index contributed by atoms with van der Waals surface area (Å²) in [6, 6.07) is 0. The van der Waals surface area contributed by atoms with Gasteiger partial charge in [-0.15, -0.1) is 0 Å². The Hall–Kier alpha value is -1.17. The lowest BCUT2D eigenvalue weighted by Gasteiger charge is -2.34. The lowest BCUT2D eigenvalue weighted by atomic mass is 9.92. The van der Waals surface area contributed by atoms with Crippen LogP contribution >= 0.6 is 0 Å². The molecule has 1 saturated heterocycles. The van der Waals surface area contributed by atoms with E-state index in [1.165, 1.54) is 29.7 Å². The van der Waals surface area contributed by atoms with Crippen LogP contribution in [0.2, 0.25) is 0 Å².